The van der Waals surface area contributed by atoms with Gasteiger partial charge in [-0.15, -0.1) is 0 Å². The topological polar surface area (TPSA) is 0 Å². The molecule has 0 aliphatic heterocycles. The predicted molar refractivity (Wildman–Crippen MR) is 57.1 cm³/mol. The predicted octanol–water partition coefficient (Wildman–Crippen LogP) is 4.03. The summed E-state index contributed by atoms with van der Waals surface area (Å²) in [5.74, 6) is 0. The van der Waals surface area contributed by atoms with Crippen molar-refractivity contribution in [2.45, 2.75) is 25.7 Å². The summed E-state index contributed by atoms with van der Waals surface area (Å²) in [4.78, 5) is 0. The molecule has 0 heteroatoms. The summed E-state index contributed by atoms with van der Waals surface area (Å²) < 4.78 is 0. The van der Waals surface area contributed by atoms with Crippen LogP contribution in [0.25, 0.3) is 0 Å². The average molecular weight is 162 g/mol. The average Bonchev–Trinajstić information content (AvgIpc) is 2.11. The zero-order valence-corrected chi connectivity index (χ0v) is 7.81. The van der Waals surface area contributed by atoms with Crippen molar-refractivity contribution in [2.24, 2.45) is 0 Å². The molecule has 0 aromatic carbocycles. The van der Waals surface area contributed by atoms with Crippen LogP contribution in [0.1, 0.15) is 25.7 Å². The van der Waals surface area contributed by atoms with Gasteiger partial charge in [-0.3, -0.25) is 0 Å². The molecule has 0 radical (unpaired) electrons. The van der Waals surface area contributed by atoms with Crippen LogP contribution in [0.15, 0.2) is 49.6 Å². The standard InChI is InChI=1S/C12H18/c1-5-11(3)9-7-8-10-12(4)6-2/h5-6H,1-4,7-10H2. The van der Waals surface area contributed by atoms with Crippen molar-refractivity contribution in [3.63, 3.8) is 0 Å². The number of rotatable bonds is 7. The van der Waals surface area contributed by atoms with Crippen molar-refractivity contribution in [1.29, 1.82) is 0 Å². The summed E-state index contributed by atoms with van der Waals surface area (Å²) in [7, 11) is 0. The van der Waals surface area contributed by atoms with Crippen LogP contribution in [-0.4, -0.2) is 0 Å². The Balaban J connectivity index is 3.32. The Kier molecular flexibility index (Phi) is 6.08. The molecule has 12 heavy (non-hydrogen) atoms. The summed E-state index contributed by atoms with van der Waals surface area (Å²) >= 11 is 0. The molecule has 0 aliphatic rings. The van der Waals surface area contributed by atoms with Crippen molar-refractivity contribution < 1.29 is 0 Å². The lowest BCUT2D eigenvalue weighted by Crippen LogP contribution is -1.80. The summed E-state index contributed by atoms with van der Waals surface area (Å²) in [6.45, 7) is 15.0. The molecule has 0 rings (SSSR count). The van der Waals surface area contributed by atoms with Crippen LogP contribution in [0.2, 0.25) is 0 Å². The van der Waals surface area contributed by atoms with Gasteiger partial charge in [-0.05, 0) is 25.7 Å². The Labute approximate surface area is 76.0 Å². The first-order chi connectivity index (χ1) is 5.70. The second-order valence-electron chi connectivity index (χ2n) is 2.93. The Morgan fingerprint density at radius 3 is 1.42 bits per heavy atom. The molecular formula is C12H18. The van der Waals surface area contributed by atoms with Gasteiger partial charge in [0.25, 0.3) is 0 Å². The number of hydrogen-bond donors (Lipinski definition) is 0. The van der Waals surface area contributed by atoms with E-state index in [1.165, 1.54) is 0 Å². The van der Waals surface area contributed by atoms with E-state index in [0.717, 1.165) is 36.8 Å². The second-order valence-corrected chi connectivity index (χ2v) is 2.93. The first kappa shape index (κ1) is 11.0. The van der Waals surface area contributed by atoms with Gasteiger partial charge in [-0.2, -0.15) is 0 Å². The SMILES string of the molecule is C=CC(=C)CCCCC(=C)C=C. The molecule has 0 unspecified atom stereocenters. The lowest BCUT2D eigenvalue weighted by Gasteiger charge is -2.00. The zero-order chi connectivity index (χ0) is 9.40. The molecule has 0 saturated heterocycles. The lowest BCUT2D eigenvalue weighted by atomic mass is 10.1. The van der Waals surface area contributed by atoms with Crippen molar-refractivity contribution in [3.05, 3.63) is 49.6 Å². The van der Waals surface area contributed by atoms with Gasteiger partial charge in [-0.25, -0.2) is 0 Å². The van der Waals surface area contributed by atoms with Crippen LogP contribution in [0.4, 0.5) is 0 Å². The number of unbranched alkanes of at least 4 members (excludes halogenated alkanes) is 1. The Bertz CT molecular complexity index is 162. The molecule has 0 spiro atoms. The van der Waals surface area contributed by atoms with E-state index in [2.05, 4.69) is 26.3 Å². The summed E-state index contributed by atoms with van der Waals surface area (Å²) in [5, 5.41) is 0. The van der Waals surface area contributed by atoms with Crippen molar-refractivity contribution >= 4 is 0 Å². The molecule has 0 heterocycles. The fourth-order valence-electron chi connectivity index (χ4n) is 0.908. The third kappa shape index (κ3) is 5.72. The largest absolute Gasteiger partial charge is 0.0988 e. The van der Waals surface area contributed by atoms with Gasteiger partial charge in [-0.1, -0.05) is 49.6 Å². The van der Waals surface area contributed by atoms with Crippen LogP contribution in [0.5, 0.6) is 0 Å². The highest BCUT2D eigenvalue weighted by Crippen LogP contribution is 2.11. The van der Waals surface area contributed by atoms with E-state index in [0.29, 0.717) is 0 Å². The molecular weight excluding hydrogens is 144 g/mol. The van der Waals surface area contributed by atoms with Crippen molar-refractivity contribution in [2.75, 3.05) is 0 Å². The van der Waals surface area contributed by atoms with Gasteiger partial charge in [0.2, 0.25) is 0 Å². The van der Waals surface area contributed by atoms with Crippen LogP contribution in [-0.2, 0) is 0 Å². The van der Waals surface area contributed by atoms with Gasteiger partial charge in [0.1, 0.15) is 0 Å². The molecule has 0 aromatic rings. The molecule has 0 fully saturated rings. The first-order valence-corrected chi connectivity index (χ1v) is 4.31. The third-order valence-electron chi connectivity index (χ3n) is 1.82. The van der Waals surface area contributed by atoms with E-state index in [1.54, 1.807) is 0 Å². The molecule has 0 bridgehead atoms. The highest BCUT2D eigenvalue weighted by molar-refractivity contribution is 5.12. The number of hydrogen-bond acceptors (Lipinski definition) is 0. The van der Waals surface area contributed by atoms with E-state index in [4.69, 9.17) is 0 Å². The van der Waals surface area contributed by atoms with Gasteiger partial charge >= 0.3 is 0 Å². The monoisotopic (exact) mass is 162 g/mol. The van der Waals surface area contributed by atoms with E-state index in [9.17, 15) is 0 Å². The van der Waals surface area contributed by atoms with Gasteiger partial charge in [0.15, 0.2) is 0 Å². The van der Waals surface area contributed by atoms with Gasteiger partial charge in [0.05, 0.1) is 0 Å². The fraction of sp³-hybridized carbons (Fsp3) is 0.333. The summed E-state index contributed by atoms with van der Waals surface area (Å²) in [6.07, 6.45) is 8.07. The first-order valence-electron chi connectivity index (χ1n) is 4.31. The van der Waals surface area contributed by atoms with Gasteiger partial charge < -0.3 is 0 Å². The molecule has 66 valence electrons. The molecule has 0 atom stereocenters. The molecule has 0 amide bonds. The maximum atomic E-state index is 3.85. The molecule has 0 nitrogen and oxygen atoms in total. The maximum absolute atomic E-state index is 3.85. The Morgan fingerprint density at radius 1 is 0.833 bits per heavy atom. The smallest absolute Gasteiger partial charge is 0.0285 e. The van der Waals surface area contributed by atoms with E-state index in [1.807, 2.05) is 12.2 Å². The van der Waals surface area contributed by atoms with Crippen molar-refractivity contribution in [3.8, 4) is 0 Å². The molecule has 0 aromatic heterocycles. The Hall–Kier alpha value is -1.04. The van der Waals surface area contributed by atoms with E-state index < -0.39 is 0 Å². The van der Waals surface area contributed by atoms with Crippen LogP contribution < -0.4 is 0 Å². The quantitative estimate of drug-likeness (QED) is 0.391. The lowest BCUT2D eigenvalue weighted by molar-refractivity contribution is 0.741. The highest BCUT2D eigenvalue weighted by atomic mass is 14.0. The minimum absolute atomic E-state index is 1.05. The maximum Gasteiger partial charge on any atom is -0.0285 e. The third-order valence-corrected chi connectivity index (χ3v) is 1.82. The summed E-state index contributed by atoms with van der Waals surface area (Å²) in [5.41, 5.74) is 2.25. The number of allylic oxidation sites excluding steroid dienone is 4. The van der Waals surface area contributed by atoms with Crippen molar-refractivity contribution in [1.82, 2.24) is 0 Å². The fourth-order valence-corrected chi connectivity index (χ4v) is 0.908. The van der Waals surface area contributed by atoms with Crippen LogP contribution >= 0.6 is 0 Å². The minimum Gasteiger partial charge on any atom is -0.0988 e. The molecule has 0 aliphatic carbocycles. The zero-order valence-electron chi connectivity index (χ0n) is 7.81. The second kappa shape index (κ2) is 6.66. The van der Waals surface area contributed by atoms with Gasteiger partial charge in [0, 0.05) is 0 Å². The Morgan fingerprint density at radius 2 is 1.17 bits per heavy atom. The highest BCUT2D eigenvalue weighted by Gasteiger charge is 1.91. The van der Waals surface area contributed by atoms with Crippen LogP contribution in [0, 0.1) is 0 Å². The van der Waals surface area contributed by atoms with Crippen LogP contribution in [0.3, 0.4) is 0 Å². The summed E-state index contributed by atoms with van der Waals surface area (Å²) in [6, 6.07) is 0. The minimum atomic E-state index is 1.05. The van der Waals surface area contributed by atoms with E-state index >= 15 is 0 Å². The van der Waals surface area contributed by atoms with E-state index in [-0.39, 0.29) is 0 Å². The normalized spacial score (nSPS) is 9.00. The molecule has 0 saturated carbocycles. The molecule has 0 N–H and O–H groups in total.